The Morgan fingerprint density at radius 2 is 1.60 bits per heavy atom. The van der Waals surface area contributed by atoms with Crippen LogP contribution < -0.4 is 16.0 Å². The fourth-order valence-electron chi connectivity index (χ4n) is 5.21. The van der Waals surface area contributed by atoms with Crippen LogP contribution in [0.4, 0.5) is 5.69 Å². The predicted molar refractivity (Wildman–Crippen MR) is 180 cm³/mol. The number of unbranched alkanes of at least 4 members (excludes halogenated alkanes) is 2. The number of rotatable bonds is 15. The van der Waals surface area contributed by atoms with Crippen LogP contribution in [0.2, 0.25) is 0 Å². The summed E-state index contributed by atoms with van der Waals surface area (Å²) < 4.78 is 10.3. The first-order chi connectivity index (χ1) is 24.5. The van der Waals surface area contributed by atoms with Gasteiger partial charge in [-0.1, -0.05) is 38.2 Å². The van der Waals surface area contributed by atoms with Crippen LogP contribution in [-0.4, -0.2) is 116 Å². The average molecular weight is 729 g/mol. The highest BCUT2D eigenvalue weighted by molar-refractivity contribution is 6.12. The van der Waals surface area contributed by atoms with Crippen LogP contribution in [-0.2, 0) is 49.6 Å². The summed E-state index contributed by atoms with van der Waals surface area (Å²) in [6.07, 6.45) is -4.82. The molecule has 52 heavy (non-hydrogen) atoms. The molecule has 17 heteroatoms. The maximum absolute atomic E-state index is 13.1. The fourth-order valence-corrected chi connectivity index (χ4v) is 5.21. The molecule has 7 N–H and O–H groups in total. The summed E-state index contributed by atoms with van der Waals surface area (Å²) >= 11 is 0. The third kappa shape index (κ3) is 11.4. The Morgan fingerprint density at radius 1 is 0.923 bits per heavy atom. The summed E-state index contributed by atoms with van der Waals surface area (Å²) in [6.45, 7) is 6.12. The number of esters is 1. The second-order valence-corrected chi connectivity index (χ2v) is 12.7. The minimum Gasteiger partial charge on any atom is -0.479 e. The van der Waals surface area contributed by atoms with Gasteiger partial charge in [0.05, 0.1) is 0 Å². The second-order valence-electron chi connectivity index (χ2n) is 12.7. The molecule has 2 aliphatic heterocycles. The van der Waals surface area contributed by atoms with Crippen molar-refractivity contribution < 1.29 is 63.5 Å². The van der Waals surface area contributed by atoms with E-state index in [-0.39, 0.29) is 54.5 Å². The lowest BCUT2D eigenvalue weighted by atomic mass is 9.95. The molecule has 0 unspecified atom stereocenters. The zero-order chi connectivity index (χ0) is 38.7. The van der Waals surface area contributed by atoms with Crippen molar-refractivity contribution in [2.45, 2.75) is 103 Å². The minimum atomic E-state index is -1.90. The zero-order valence-corrected chi connectivity index (χ0v) is 29.2. The Balaban J connectivity index is 1.61. The number of ether oxygens (including phenoxy) is 2. The molecule has 0 aliphatic carbocycles. The normalized spacial score (nSPS) is 22.2. The van der Waals surface area contributed by atoms with E-state index in [0.717, 1.165) is 4.90 Å². The molecule has 1 fully saturated rings. The third-order valence-electron chi connectivity index (χ3n) is 8.22. The largest absolute Gasteiger partial charge is 0.479 e. The van der Waals surface area contributed by atoms with Crippen LogP contribution in [0.15, 0.2) is 30.4 Å². The van der Waals surface area contributed by atoms with Gasteiger partial charge in [0.2, 0.25) is 17.7 Å². The van der Waals surface area contributed by atoms with Crippen LogP contribution in [0.25, 0.3) is 0 Å². The third-order valence-corrected chi connectivity index (χ3v) is 8.22. The first kappa shape index (κ1) is 41.3. The number of hydrogen-bond donors (Lipinski definition) is 7. The van der Waals surface area contributed by atoms with Gasteiger partial charge in [0, 0.05) is 48.9 Å². The molecule has 0 aromatic heterocycles. The summed E-state index contributed by atoms with van der Waals surface area (Å²) in [5, 5.41) is 47.6. The average Bonchev–Trinajstić information content (AvgIpc) is 3.40. The maximum atomic E-state index is 13.1. The molecule has 1 aromatic rings. The van der Waals surface area contributed by atoms with Crippen molar-refractivity contribution >= 4 is 47.2 Å². The van der Waals surface area contributed by atoms with E-state index in [9.17, 15) is 54.0 Å². The van der Waals surface area contributed by atoms with E-state index in [0.29, 0.717) is 24.8 Å². The predicted octanol–water partition coefficient (Wildman–Crippen LogP) is -0.895. The van der Waals surface area contributed by atoms with Crippen LogP contribution in [0, 0.1) is 17.8 Å². The Morgan fingerprint density at radius 3 is 2.21 bits per heavy atom. The molecule has 3 rings (SSSR count). The van der Waals surface area contributed by atoms with Gasteiger partial charge in [0.25, 0.3) is 11.8 Å². The Kier molecular flexibility index (Phi) is 15.0. The van der Waals surface area contributed by atoms with E-state index >= 15 is 0 Å². The van der Waals surface area contributed by atoms with Gasteiger partial charge in [-0.2, -0.15) is 0 Å². The van der Waals surface area contributed by atoms with E-state index in [1.165, 1.54) is 44.2 Å². The number of carboxylic acids is 1. The number of carbonyl (C=O) groups is 7. The van der Waals surface area contributed by atoms with E-state index < -0.39 is 66.4 Å². The van der Waals surface area contributed by atoms with E-state index in [1.807, 2.05) is 0 Å². The number of aliphatic hydroxyl groups is 3. The molecule has 17 nitrogen and oxygen atoms in total. The summed E-state index contributed by atoms with van der Waals surface area (Å²) in [4.78, 5) is 86.2. The number of aliphatic hydroxyl groups excluding tert-OH is 3. The number of amides is 5. The molecule has 2 aliphatic rings. The van der Waals surface area contributed by atoms with E-state index in [2.05, 4.69) is 27.8 Å². The number of anilines is 1. The Labute approximate surface area is 299 Å². The van der Waals surface area contributed by atoms with Gasteiger partial charge >= 0.3 is 11.9 Å². The minimum absolute atomic E-state index is 0.111. The molecule has 0 spiro atoms. The molecule has 2 heterocycles. The monoisotopic (exact) mass is 728 g/mol. The number of nitrogens with one attached hydrogen (secondary N) is 3. The number of aliphatic carboxylic acids is 1. The SMILES string of the molecule is CC(=O)OCc1ccc(NC(=O)[C@H](C)NC(=O)[C@@H](NC(=O)CCCCCN2C(=O)C=CC2=O)C(C)C)cc1C#C[C@@H]1O[C@H](C(=O)O)[C@@H](O)[C@H](O)[C@H]1O. The number of nitrogens with zero attached hydrogens (tertiary/aromatic N) is 1. The number of carboxylic acid groups (broad SMARTS) is 1. The van der Waals surface area contributed by atoms with Crippen molar-refractivity contribution in [2.75, 3.05) is 11.9 Å². The number of imide groups is 1. The first-order valence-corrected chi connectivity index (χ1v) is 16.6. The maximum Gasteiger partial charge on any atom is 0.335 e. The van der Waals surface area contributed by atoms with Crippen molar-refractivity contribution in [3.05, 3.63) is 41.5 Å². The van der Waals surface area contributed by atoms with E-state index in [1.54, 1.807) is 13.8 Å². The lowest BCUT2D eigenvalue weighted by Gasteiger charge is -2.36. The molecule has 5 amide bonds. The van der Waals surface area contributed by atoms with Gasteiger partial charge in [-0.05, 0) is 37.8 Å². The van der Waals surface area contributed by atoms with Crippen molar-refractivity contribution in [2.24, 2.45) is 5.92 Å². The second kappa shape index (κ2) is 18.9. The molecular formula is C35H44N4O13. The van der Waals surface area contributed by atoms with Crippen molar-refractivity contribution in [1.29, 1.82) is 0 Å². The molecule has 0 bridgehead atoms. The van der Waals surface area contributed by atoms with Crippen molar-refractivity contribution in [3.8, 4) is 11.8 Å². The van der Waals surface area contributed by atoms with Crippen LogP contribution >= 0.6 is 0 Å². The number of hydrogen-bond acceptors (Lipinski definition) is 12. The summed E-state index contributed by atoms with van der Waals surface area (Å²) in [6, 6.07) is 2.36. The summed E-state index contributed by atoms with van der Waals surface area (Å²) in [5.74, 6) is 0.382. The molecule has 1 saturated heterocycles. The highest BCUT2D eigenvalue weighted by Gasteiger charge is 2.46. The Hall–Kier alpha value is -5.15. The molecule has 282 valence electrons. The topological polar surface area (TPSA) is 258 Å². The lowest BCUT2D eigenvalue weighted by molar-refractivity contribution is -0.215. The van der Waals surface area contributed by atoms with Crippen molar-refractivity contribution in [3.63, 3.8) is 0 Å². The van der Waals surface area contributed by atoms with Gasteiger partial charge in [-0.15, -0.1) is 0 Å². The standard InChI is InChI=1S/C35H44N4O13/c1-18(2)28(38-25(41)8-6-5-7-15-39-26(42)13-14-27(39)43)34(48)36-19(3)33(47)37-23-11-9-22(17-51-20(4)40)21(16-23)10-12-24-29(44)30(45)31(46)32(52-24)35(49)50/h9,11,13-14,16,18-19,24,28-32,44-46H,5-8,15,17H2,1-4H3,(H,36,48)(H,37,47)(H,38,41)(H,49,50)/t19-,24-,28-,29-,30+,31-,32-/m0/s1. The van der Waals surface area contributed by atoms with Gasteiger partial charge in [0.15, 0.2) is 6.10 Å². The van der Waals surface area contributed by atoms with Gasteiger partial charge < -0.3 is 45.9 Å². The summed E-state index contributed by atoms with van der Waals surface area (Å²) in [5.41, 5.74) is 0.748. The molecule has 0 saturated carbocycles. The summed E-state index contributed by atoms with van der Waals surface area (Å²) in [7, 11) is 0. The van der Waals surface area contributed by atoms with Crippen LogP contribution in [0.3, 0.4) is 0 Å². The number of benzene rings is 1. The highest BCUT2D eigenvalue weighted by atomic mass is 16.6. The van der Waals surface area contributed by atoms with Crippen LogP contribution in [0.5, 0.6) is 0 Å². The van der Waals surface area contributed by atoms with Gasteiger partial charge in [-0.25, -0.2) is 4.79 Å². The van der Waals surface area contributed by atoms with Gasteiger partial charge in [0.1, 0.15) is 43.1 Å². The quantitative estimate of drug-likeness (QED) is 0.0501. The zero-order valence-electron chi connectivity index (χ0n) is 29.2. The fraction of sp³-hybridized carbons (Fsp3) is 0.514. The highest BCUT2D eigenvalue weighted by Crippen LogP contribution is 2.22. The first-order valence-electron chi connectivity index (χ1n) is 16.6. The Bertz CT molecular complexity index is 1610. The van der Waals surface area contributed by atoms with E-state index in [4.69, 9.17) is 9.47 Å². The smallest absolute Gasteiger partial charge is 0.335 e. The van der Waals surface area contributed by atoms with Gasteiger partial charge in [-0.3, -0.25) is 33.7 Å². The molecule has 0 radical (unpaired) electrons. The molecule has 7 atom stereocenters. The number of carbonyl (C=O) groups excluding carboxylic acids is 6. The molecule has 1 aromatic carbocycles. The van der Waals surface area contributed by atoms with Crippen LogP contribution in [0.1, 0.15) is 64.5 Å². The van der Waals surface area contributed by atoms with Crippen molar-refractivity contribution in [1.82, 2.24) is 15.5 Å². The molecular weight excluding hydrogens is 684 g/mol. The lowest BCUT2D eigenvalue weighted by Crippen LogP contribution is -2.59.